The minimum atomic E-state index is -0.0548. The molecule has 0 radical (unpaired) electrons. The summed E-state index contributed by atoms with van der Waals surface area (Å²) in [5.41, 5.74) is 4.53. The predicted molar refractivity (Wildman–Crippen MR) is 105 cm³/mol. The first-order valence-corrected chi connectivity index (χ1v) is 9.69. The molecule has 138 valence electrons. The molecular formula is C22H23N3O2. The summed E-state index contributed by atoms with van der Waals surface area (Å²) in [6, 6.07) is 16.0. The molecule has 0 unspecified atom stereocenters. The van der Waals surface area contributed by atoms with Crippen LogP contribution in [0, 0.1) is 0 Å². The first-order chi connectivity index (χ1) is 13.1. The molecule has 1 saturated carbocycles. The van der Waals surface area contributed by atoms with Gasteiger partial charge in [0.2, 0.25) is 5.91 Å². The van der Waals surface area contributed by atoms with Crippen LogP contribution in [0.2, 0.25) is 0 Å². The fraction of sp³-hybridized carbons (Fsp3) is 0.364. The van der Waals surface area contributed by atoms with Gasteiger partial charge in [-0.05, 0) is 54.7 Å². The maximum atomic E-state index is 12.8. The third-order valence-electron chi connectivity index (χ3n) is 6.09. The number of carbonyl (C=O) groups excluding carboxylic acids is 2. The molecule has 0 atom stereocenters. The molecule has 2 fully saturated rings. The lowest BCUT2D eigenvalue weighted by molar-refractivity contribution is -0.117. The number of nitrogens with one attached hydrogen (secondary N) is 1. The molecule has 2 heterocycles. The van der Waals surface area contributed by atoms with Crippen LogP contribution in [0.3, 0.4) is 0 Å². The lowest BCUT2D eigenvalue weighted by atomic mass is 9.87. The second-order valence-electron chi connectivity index (χ2n) is 7.92. The van der Waals surface area contributed by atoms with Gasteiger partial charge in [-0.3, -0.25) is 4.79 Å². The van der Waals surface area contributed by atoms with Crippen molar-refractivity contribution < 1.29 is 9.59 Å². The number of fused-ring (bicyclic) bond motifs is 2. The monoisotopic (exact) mass is 361 g/mol. The van der Waals surface area contributed by atoms with Gasteiger partial charge >= 0.3 is 6.03 Å². The van der Waals surface area contributed by atoms with Crippen molar-refractivity contribution in [2.75, 3.05) is 23.3 Å². The van der Waals surface area contributed by atoms with Gasteiger partial charge in [-0.25, -0.2) is 4.79 Å². The Morgan fingerprint density at radius 3 is 2.52 bits per heavy atom. The van der Waals surface area contributed by atoms with Crippen molar-refractivity contribution in [3.05, 3.63) is 59.7 Å². The molecular weight excluding hydrogens is 338 g/mol. The number of carbonyl (C=O) groups is 2. The lowest BCUT2D eigenvalue weighted by Crippen LogP contribution is -2.43. The predicted octanol–water partition coefficient (Wildman–Crippen LogP) is 3.89. The molecule has 1 N–H and O–H groups in total. The number of hydrogen-bond donors (Lipinski definition) is 1. The molecule has 27 heavy (non-hydrogen) atoms. The van der Waals surface area contributed by atoms with E-state index in [1.807, 2.05) is 34.1 Å². The molecule has 1 spiro atoms. The van der Waals surface area contributed by atoms with Crippen molar-refractivity contribution in [1.29, 1.82) is 0 Å². The maximum absolute atomic E-state index is 12.8. The van der Waals surface area contributed by atoms with Crippen LogP contribution in [0.5, 0.6) is 0 Å². The smallest absolute Gasteiger partial charge is 0.319 e. The largest absolute Gasteiger partial charge is 0.322 e. The normalized spacial score (nSPS) is 19.9. The van der Waals surface area contributed by atoms with Gasteiger partial charge in [-0.1, -0.05) is 24.3 Å². The lowest BCUT2D eigenvalue weighted by Gasteiger charge is -2.35. The number of amides is 3. The molecule has 0 aromatic heterocycles. The van der Waals surface area contributed by atoms with E-state index in [1.54, 1.807) is 0 Å². The van der Waals surface area contributed by atoms with Crippen molar-refractivity contribution in [1.82, 2.24) is 4.90 Å². The third-order valence-corrected chi connectivity index (χ3v) is 6.09. The molecule has 2 aromatic rings. The van der Waals surface area contributed by atoms with E-state index in [2.05, 4.69) is 29.6 Å². The molecule has 3 aliphatic rings. The highest BCUT2D eigenvalue weighted by Crippen LogP contribution is 2.52. The first-order valence-electron chi connectivity index (χ1n) is 9.69. The molecule has 2 aliphatic heterocycles. The Bertz CT molecular complexity index is 902. The van der Waals surface area contributed by atoms with Crippen LogP contribution in [0.15, 0.2) is 48.5 Å². The van der Waals surface area contributed by atoms with Gasteiger partial charge in [0.15, 0.2) is 0 Å². The number of benzene rings is 2. The molecule has 5 heteroatoms. The number of hydrogen-bond acceptors (Lipinski definition) is 2. The van der Waals surface area contributed by atoms with Crippen molar-refractivity contribution in [3.63, 3.8) is 0 Å². The Kier molecular flexibility index (Phi) is 3.71. The highest BCUT2D eigenvalue weighted by molar-refractivity contribution is 5.96. The van der Waals surface area contributed by atoms with E-state index in [0.29, 0.717) is 13.0 Å². The van der Waals surface area contributed by atoms with E-state index in [9.17, 15) is 9.59 Å². The maximum Gasteiger partial charge on any atom is 0.322 e. The summed E-state index contributed by atoms with van der Waals surface area (Å²) < 4.78 is 0. The average Bonchev–Trinajstić information content (AvgIpc) is 3.32. The Hall–Kier alpha value is -2.82. The quantitative estimate of drug-likeness (QED) is 0.882. The fourth-order valence-corrected chi connectivity index (χ4v) is 4.46. The Balaban J connectivity index is 1.29. The summed E-state index contributed by atoms with van der Waals surface area (Å²) in [6.07, 6.45) is 3.85. The molecule has 5 nitrogen and oxygen atoms in total. The van der Waals surface area contributed by atoms with Gasteiger partial charge in [0.25, 0.3) is 0 Å². The van der Waals surface area contributed by atoms with E-state index in [1.165, 1.54) is 11.1 Å². The second-order valence-corrected chi connectivity index (χ2v) is 7.92. The van der Waals surface area contributed by atoms with Crippen LogP contribution in [0.4, 0.5) is 16.2 Å². The van der Waals surface area contributed by atoms with Crippen LogP contribution >= 0.6 is 0 Å². The van der Waals surface area contributed by atoms with Crippen molar-refractivity contribution in [3.8, 4) is 0 Å². The highest BCUT2D eigenvalue weighted by atomic mass is 16.2. The summed E-state index contributed by atoms with van der Waals surface area (Å²) in [5, 5.41) is 3.02. The van der Waals surface area contributed by atoms with Crippen LogP contribution in [-0.4, -0.2) is 29.9 Å². The van der Waals surface area contributed by atoms with Gasteiger partial charge < -0.3 is 15.1 Å². The molecule has 1 aliphatic carbocycles. The van der Waals surface area contributed by atoms with E-state index in [4.69, 9.17) is 0 Å². The first kappa shape index (κ1) is 16.4. The molecule has 5 rings (SSSR count). The van der Waals surface area contributed by atoms with Crippen molar-refractivity contribution in [2.45, 2.75) is 37.6 Å². The second kappa shape index (κ2) is 6.12. The van der Waals surface area contributed by atoms with E-state index in [-0.39, 0.29) is 17.4 Å². The fourth-order valence-electron chi connectivity index (χ4n) is 4.46. The van der Waals surface area contributed by atoms with Gasteiger partial charge in [0.1, 0.15) is 0 Å². The van der Waals surface area contributed by atoms with Gasteiger partial charge in [0, 0.05) is 42.8 Å². The van der Waals surface area contributed by atoms with Crippen LogP contribution in [-0.2, 0) is 16.8 Å². The number of urea groups is 1. The minimum absolute atomic E-state index is 0.0548. The van der Waals surface area contributed by atoms with Gasteiger partial charge in [-0.2, -0.15) is 0 Å². The third kappa shape index (κ3) is 2.87. The standard InChI is InChI=1S/C22H23N3O2/c26-20-6-3-13-25(20)18-9-7-17(8-10-18)23-21(27)24-14-16-4-1-2-5-19(16)22(15-24)11-12-22/h1-2,4-5,7-10H,3,6,11-15H2,(H,23,27). The molecule has 3 amide bonds. The Morgan fingerprint density at radius 1 is 1.04 bits per heavy atom. The Morgan fingerprint density at radius 2 is 1.81 bits per heavy atom. The van der Waals surface area contributed by atoms with Crippen LogP contribution < -0.4 is 10.2 Å². The molecule has 1 saturated heterocycles. The van der Waals surface area contributed by atoms with E-state index < -0.39 is 0 Å². The number of anilines is 2. The van der Waals surface area contributed by atoms with E-state index in [0.717, 1.165) is 43.7 Å². The van der Waals surface area contributed by atoms with Crippen molar-refractivity contribution in [2.24, 2.45) is 0 Å². The van der Waals surface area contributed by atoms with Crippen LogP contribution in [0.25, 0.3) is 0 Å². The van der Waals surface area contributed by atoms with Crippen LogP contribution in [0.1, 0.15) is 36.8 Å². The Labute approximate surface area is 159 Å². The molecule has 2 aromatic carbocycles. The number of rotatable bonds is 2. The minimum Gasteiger partial charge on any atom is -0.319 e. The SMILES string of the molecule is O=C(Nc1ccc(N2CCCC2=O)cc1)N1Cc2ccccc2C2(CC2)C1. The van der Waals surface area contributed by atoms with Gasteiger partial charge in [0.05, 0.1) is 0 Å². The summed E-state index contributed by atoms with van der Waals surface area (Å²) in [4.78, 5) is 28.4. The zero-order valence-corrected chi connectivity index (χ0v) is 15.3. The highest BCUT2D eigenvalue weighted by Gasteiger charge is 2.49. The average molecular weight is 361 g/mol. The zero-order valence-electron chi connectivity index (χ0n) is 15.3. The van der Waals surface area contributed by atoms with Crippen molar-refractivity contribution >= 4 is 23.3 Å². The number of nitrogens with zero attached hydrogens (tertiary/aromatic N) is 2. The summed E-state index contributed by atoms with van der Waals surface area (Å²) in [7, 11) is 0. The van der Waals surface area contributed by atoms with Gasteiger partial charge in [-0.15, -0.1) is 0 Å². The summed E-state index contributed by atoms with van der Waals surface area (Å²) in [5.74, 6) is 0.175. The summed E-state index contributed by atoms with van der Waals surface area (Å²) in [6.45, 7) is 2.22. The molecule has 0 bridgehead atoms. The topological polar surface area (TPSA) is 52.7 Å². The van der Waals surface area contributed by atoms with E-state index >= 15 is 0 Å². The summed E-state index contributed by atoms with van der Waals surface area (Å²) >= 11 is 0. The zero-order chi connectivity index (χ0) is 18.4.